The molecule has 0 saturated carbocycles. The van der Waals surface area contributed by atoms with Crippen LogP contribution < -0.4 is 20.2 Å². The summed E-state index contributed by atoms with van der Waals surface area (Å²) in [6, 6.07) is 10.6. The SMILES string of the molecule is CCOCCCNC(=O)c1c[nH]c2ccc(S(=O)(=O)Nc3ccc(OCC)cc3)cc2c1=O. The highest BCUT2D eigenvalue weighted by atomic mass is 32.2. The molecule has 33 heavy (non-hydrogen) atoms. The topological polar surface area (TPSA) is 127 Å². The zero-order valence-electron chi connectivity index (χ0n) is 18.5. The molecule has 1 aromatic heterocycles. The summed E-state index contributed by atoms with van der Waals surface area (Å²) in [5.41, 5.74) is 0.137. The number of rotatable bonds is 11. The molecule has 0 bridgehead atoms. The van der Waals surface area contributed by atoms with Crippen molar-refractivity contribution < 1.29 is 22.7 Å². The molecular formula is C23H27N3O6S. The minimum Gasteiger partial charge on any atom is -0.494 e. The predicted molar refractivity (Wildman–Crippen MR) is 126 cm³/mol. The Kier molecular flexibility index (Phi) is 8.07. The van der Waals surface area contributed by atoms with Crippen molar-refractivity contribution in [2.45, 2.75) is 25.2 Å². The molecule has 0 spiro atoms. The van der Waals surface area contributed by atoms with E-state index in [0.29, 0.717) is 49.7 Å². The number of H-pyrrole nitrogens is 1. The maximum absolute atomic E-state index is 12.9. The highest BCUT2D eigenvalue weighted by molar-refractivity contribution is 7.92. The summed E-state index contributed by atoms with van der Waals surface area (Å²) in [5.74, 6) is 0.0943. The van der Waals surface area contributed by atoms with E-state index in [1.54, 1.807) is 24.3 Å². The molecule has 3 rings (SSSR count). The van der Waals surface area contributed by atoms with Gasteiger partial charge in [-0.05, 0) is 62.7 Å². The highest BCUT2D eigenvalue weighted by Crippen LogP contribution is 2.21. The Hall–Kier alpha value is -3.37. The summed E-state index contributed by atoms with van der Waals surface area (Å²) in [6.45, 7) is 5.70. The maximum Gasteiger partial charge on any atom is 0.261 e. The van der Waals surface area contributed by atoms with Crippen LogP contribution in [0.4, 0.5) is 5.69 Å². The molecule has 10 heteroatoms. The molecule has 0 fully saturated rings. The lowest BCUT2D eigenvalue weighted by Crippen LogP contribution is -2.30. The lowest BCUT2D eigenvalue weighted by Gasteiger charge is -2.10. The van der Waals surface area contributed by atoms with Crippen molar-refractivity contribution in [1.29, 1.82) is 0 Å². The van der Waals surface area contributed by atoms with Crippen LogP contribution in [0.5, 0.6) is 5.75 Å². The van der Waals surface area contributed by atoms with Crippen LogP contribution in [0.15, 0.2) is 58.4 Å². The first kappa shape index (κ1) is 24.3. The highest BCUT2D eigenvalue weighted by Gasteiger charge is 2.18. The van der Waals surface area contributed by atoms with Gasteiger partial charge in [-0.1, -0.05) is 0 Å². The Labute approximate surface area is 192 Å². The molecule has 0 unspecified atom stereocenters. The van der Waals surface area contributed by atoms with Crippen molar-refractivity contribution in [3.05, 3.63) is 64.4 Å². The Morgan fingerprint density at radius 1 is 1.06 bits per heavy atom. The lowest BCUT2D eigenvalue weighted by atomic mass is 10.1. The maximum atomic E-state index is 12.9. The molecule has 0 aliphatic heterocycles. The molecule has 3 N–H and O–H groups in total. The van der Waals surface area contributed by atoms with Gasteiger partial charge >= 0.3 is 0 Å². The van der Waals surface area contributed by atoms with Crippen LogP contribution in [-0.2, 0) is 14.8 Å². The van der Waals surface area contributed by atoms with Crippen molar-refractivity contribution in [3.8, 4) is 5.75 Å². The second kappa shape index (κ2) is 11.0. The standard InChI is InChI=1S/C23H27N3O6S/c1-3-31-13-5-12-24-23(28)20-15-25-21-11-10-18(14-19(21)22(20)27)33(29,30)26-16-6-8-17(9-7-16)32-4-2/h6-11,14-15,26H,3-5,12-13H2,1-2H3,(H,24,28)(H,25,27). The molecular weight excluding hydrogens is 446 g/mol. The average molecular weight is 474 g/mol. The smallest absolute Gasteiger partial charge is 0.261 e. The zero-order chi connectivity index (χ0) is 23.8. The fraction of sp³-hybridized carbons (Fsp3) is 0.304. The van der Waals surface area contributed by atoms with E-state index in [-0.39, 0.29) is 15.8 Å². The predicted octanol–water partition coefficient (Wildman–Crippen LogP) is 2.88. The Bertz CT molecular complexity index is 1270. The molecule has 9 nitrogen and oxygen atoms in total. The molecule has 0 aliphatic rings. The third-order valence-electron chi connectivity index (χ3n) is 4.78. The number of nitrogens with one attached hydrogen (secondary N) is 3. The van der Waals surface area contributed by atoms with Crippen LogP contribution in [0.3, 0.4) is 0 Å². The lowest BCUT2D eigenvalue weighted by molar-refractivity contribution is 0.0943. The van der Waals surface area contributed by atoms with E-state index in [0.717, 1.165) is 0 Å². The minimum absolute atomic E-state index is 0.0899. The summed E-state index contributed by atoms with van der Waals surface area (Å²) < 4.78 is 38.8. The number of hydrogen-bond acceptors (Lipinski definition) is 6. The monoisotopic (exact) mass is 473 g/mol. The summed E-state index contributed by atoms with van der Waals surface area (Å²) in [4.78, 5) is 28.1. The van der Waals surface area contributed by atoms with Crippen molar-refractivity contribution in [2.24, 2.45) is 0 Å². The van der Waals surface area contributed by atoms with Crippen molar-refractivity contribution in [3.63, 3.8) is 0 Å². The average Bonchev–Trinajstić information content (AvgIpc) is 2.80. The molecule has 0 aliphatic carbocycles. The quantitative estimate of drug-likeness (QED) is 0.368. The first-order valence-corrected chi connectivity index (χ1v) is 12.1. The van der Waals surface area contributed by atoms with Gasteiger partial charge in [0.25, 0.3) is 15.9 Å². The fourth-order valence-corrected chi connectivity index (χ4v) is 4.23. The van der Waals surface area contributed by atoms with Gasteiger partial charge in [0.2, 0.25) is 5.43 Å². The van der Waals surface area contributed by atoms with Gasteiger partial charge in [0.05, 0.1) is 11.5 Å². The number of fused-ring (bicyclic) bond motifs is 1. The third kappa shape index (κ3) is 6.11. The van der Waals surface area contributed by atoms with Gasteiger partial charge in [-0.25, -0.2) is 8.42 Å². The van der Waals surface area contributed by atoms with E-state index < -0.39 is 21.4 Å². The molecule has 0 radical (unpaired) electrons. The van der Waals surface area contributed by atoms with Crippen LogP contribution in [0, 0.1) is 0 Å². The number of hydrogen-bond donors (Lipinski definition) is 3. The van der Waals surface area contributed by atoms with Crippen LogP contribution in [0.25, 0.3) is 10.9 Å². The van der Waals surface area contributed by atoms with Gasteiger partial charge in [-0.3, -0.25) is 14.3 Å². The van der Waals surface area contributed by atoms with E-state index in [1.165, 1.54) is 24.4 Å². The minimum atomic E-state index is -3.96. The molecule has 2 aromatic carbocycles. The molecule has 0 atom stereocenters. The molecule has 1 heterocycles. The molecule has 1 amide bonds. The number of anilines is 1. The number of carbonyl (C=O) groups excluding carboxylic acids is 1. The summed E-state index contributed by atoms with van der Waals surface area (Å²) in [7, 11) is -3.96. The summed E-state index contributed by atoms with van der Waals surface area (Å²) in [6.07, 6.45) is 1.94. The van der Waals surface area contributed by atoms with Gasteiger partial charge in [0.15, 0.2) is 0 Å². The zero-order valence-corrected chi connectivity index (χ0v) is 19.3. The van der Waals surface area contributed by atoms with E-state index in [4.69, 9.17) is 9.47 Å². The third-order valence-corrected chi connectivity index (χ3v) is 6.16. The van der Waals surface area contributed by atoms with Crippen LogP contribution in [-0.4, -0.2) is 45.7 Å². The number of ether oxygens (including phenoxy) is 2. The van der Waals surface area contributed by atoms with E-state index in [2.05, 4.69) is 15.0 Å². The molecule has 0 saturated heterocycles. The number of sulfonamides is 1. The number of amides is 1. The number of aromatic nitrogens is 1. The first-order chi connectivity index (χ1) is 15.9. The summed E-state index contributed by atoms with van der Waals surface area (Å²) in [5, 5.41) is 2.78. The van der Waals surface area contributed by atoms with Crippen LogP contribution >= 0.6 is 0 Å². The second-order valence-electron chi connectivity index (χ2n) is 7.11. The largest absolute Gasteiger partial charge is 0.494 e. The van der Waals surface area contributed by atoms with E-state index >= 15 is 0 Å². The summed E-state index contributed by atoms with van der Waals surface area (Å²) >= 11 is 0. The fourth-order valence-electron chi connectivity index (χ4n) is 3.15. The van der Waals surface area contributed by atoms with Crippen molar-refractivity contribution in [1.82, 2.24) is 10.3 Å². The van der Waals surface area contributed by atoms with Crippen molar-refractivity contribution in [2.75, 3.05) is 31.1 Å². The first-order valence-electron chi connectivity index (χ1n) is 10.6. The number of aromatic amines is 1. The number of carbonyl (C=O) groups is 1. The van der Waals surface area contributed by atoms with Gasteiger partial charge in [-0.15, -0.1) is 0 Å². The van der Waals surface area contributed by atoms with E-state index in [9.17, 15) is 18.0 Å². The van der Waals surface area contributed by atoms with Gasteiger partial charge < -0.3 is 19.8 Å². The molecule has 176 valence electrons. The van der Waals surface area contributed by atoms with E-state index in [1.807, 2.05) is 13.8 Å². The van der Waals surface area contributed by atoms with Crippen LogP contribution in [0.1, 0.15) is 30.6 Å². The molecule has 3 aromatic rings. The van der Waals surface area contributed by atoms with Gasteiger partial charge in [-0.2, -0.15) is 0 Å². The normalized spacial score (nSPS) is 11.3. The van der Waals surface area contributed by atoms with Gasteiger partial charge in [0, 0.05) is 42.5 Å². The number of pyridine rings is 1. The Balaban J connectivity index is 1.82. The Morgan fingerprint density at radius 2 is 1.82 bits per heavy atom. The van der Waals surface area contributed by atoms with Gasteiger partial charge in [0.1, 0.15) is 11.3 Å². The second-order valence-corrected chi connectivity index (χ2v) is 8.79. The van der Waals surface area contributed by atoms with Crippen molar-refractivity contribution >= 4 is 32.5 Å². The van der Waals surface area contributed by atoms with Crippen LogP contribution in [0.2, 0.25) is 0 Å². The number of benzene rings is 2. The Morgan fingerprint density at radius 3 is 2.52 bits per heavy atom.